The molecule has 3 aromatic rings. The summed E-state index contributed by atoms with van der Waals surface area (Å²) in [6, 6.07) is 15.5. The Balaban J connectivity index is 1.24. The average Bonchev–Trinajstić information content (AvgIpc) is 2.90. The maximum absolute atomic E-state index is 10.5. The van der Waals surface area contributed by atoms with E-state index < -0.39 is 6.23 Å². The molecule has 1 saturated heterocycles. The highest BCUT2D eigenvalue weighted by Gasteiger charge is 2.19. The van der Waals surface area contributed by atoms with Gasteiger partial charge in [0.2, 0.25) is 0 Å². The van der Waals surface area contributed by atoms with Crippen molar-refractivity contribution in [2.75, 3.05) is 32.5 Å². The minimum atomic E-state index is -0.810. The summed E-state index contributed by atoms with van der Waals surface area (Å²) in [6.07, 6.45) is 8.54. The first-order chi connectivity index (χ1) is 17.5. The first-order valence-corrected chi connectivity index (χ1v) is 12.3. The van der Waals surface area contributed by atoms with Crippen LogP contribution < -0.4 is 10.5 Å². The van der Waals surface area contributed by atoms with Gasteiger partial charge in [-0.2, -0.15) is 5.10 Å². The zero-order chi connectivity index (χ0) is 24.9. The molecule has 3 heterocycles. The Kier molecular flexibility index (Phi) is 7.25. The van der Waals surface area contributed by atoms with Crippen LogP contribution in [-0.2, 0) is 6.54 Å². The molecule has 1 unspecified atom stereocenters. The normalized spacial score (nSPS) is 18.8. The monoisotopic (exact) mass is 484 g/mol. The number of aromatic nitrogens is 2. The molecule has 0 aliphatic carbocycles. The highest BCUT2D eigenvalue weighted by atomic mass is 16.5. The summed E-state index contributed by atoms with van der Waals surface area (Å²) in [4.78, 5) is 11.4. The predicted octanol–water partition coefficient (Wildman–Crippen LogP) is 3.54. The molecule has 36 heavy (non-hydrogen) atoms. The lowest BCUT2D eigenvalue weighted by Gasteiger charge is -2.28. The number of nitrogen functional groups attached to an aromatic ring is 1. The van der Waals surface area contributed by atoms with Crippen molar-refractivity contribution < 1.29 is 9.84 Å². The molecule has 186 valence electrons. The van der Waals surface area contributed by atoms with Crippen molar-refractivity contribution in [2.24, 2.45) is 11.0 Å². The zero-order valence-corrected chi connectivity index (χ0v) is 20.5. The van der Waals surface area contributed by atoms with E-state index in [2.05, 4.69) is 27.0 Å². The van der Waals surface area contributed by atoms with Crippen molar-refractivity contribution in [1.29, 1.82) is 0 Å². The van der Waals surface area contributed by atoms with Crippen molar-refractivity contribution in [2.45, 2.75) is 25.6 Å². The minimum absolute atomic E-state index is 0.433. The molecule has 1 atom stereocenters. The lowest BCUT2D eigenvalue weighted by Crippen LogP contribution is -2.32. The van der Waals surface area contributed by atoms with Crippen LogP contribution in [0.5, 0.6) is 5.75 Å². The molecule has 0 saturated carbocycles. The standard InChI is InChI=1S/C28H32N6O2/c1-33-12-10-20(11-13-33)19-36-25-16-30-28(31-17-25)23-6-2-4-21(14-23)18-34-27(35)9-8-26(32-34)22-5-3-7-24(29)15-22/h2-9,14-17,20,27,35H,10-13,18-19,29H2,1H3. The van der Waals surface area contributed by atoms with E-state index in [-0.39, 0.29) is 0 Å². The van der Waals surface area contributed by atoms with Crippen LogP contribution in [0.4, 0.5) is 5.69 Å². The number of hydrogen-bond acceptors (Lipinski definition) is 8. The number of rotatable bonds is 7. The predicted molar refractivity (Wildman–Crippen MR) is 141 cm³/mol. The van der Waals surface area contributed by atoms with Gasteiger partial charge >= 0.3 is 0 Å². The number of nitrogens with two attached hydrogens (primary N) is 1. The summed E-state index contributed by atoms with van der Waals surface area (Å²) in [5.74, 6) is 1.91. The number of aliphatic hydroxyl groups is 1. The maximum atomic E-state index is 10.5. The van der Waals surface area contributed by atoms with E-state index >= 15 is 0 Å². The highest BCUT2D eigenvalue weighted by molar-refractivity contribution is 6.09. The van der Waals surface area contributed by atoms with Gasteiger partial charge in [0.05, 0.1) is 31.3 Å². The average molecular weight is 485 g/mol. The van der Waals surface area contributed by atoms with Gasteiger partial charge in [-0.3, -0.25) is 5.01 Å². The molecule has 5 rings (SSSR count). The molecule has 1 aromatic heterocycles. The second-order valence-electron chi connectivity index (χ2n) is 9.48. The van der Waals surface area contributed by atoms with Crippen LogP contribution in [0.15, 0.2) is 78.2 Å². The van der Waals surface area contributed by atoms with Gasteiger partial charge in [0, 0.05) is 16.8 Å². The Morgan fingerprint density at radius 1 is 1.03 bits per heavy atom. The number of anilines is 1. The fraction of sp³-hybridized carbons (Fsp3) is 0.321. The summed E-state index contributed by atoms with van der Waals surface area (Å²) in [7, 11) is 2.16. The summed E-state index contributed by atoms with van der Waals surface area (Å²) < 4.78 is 5.95. The van der Waals surface area contributed by atoms with Crippen LogP contribution in [0, 0.1) is 5.92 Å². The summed E-state index contributed by atoms with van der Waals surface area (Å²) in [6.45, 7) is 3.38. The molecule has 3 N–H and O–H groups in total. The third-order valence-corrected chi connectivity index (χ3v) is 6.63. The molecule has 0 spiro atoms. The third-order valence-electron chi connectivity index (χ3n) is 6.63. The van der Waals surface area contributed by atoms with E-state index in [1.54, 1.807) is 23.5 Å². The Morgan fingerprint density at radius 3 is 2.56 bits per heavy atom. The SMILES string of the molecule is CN1CCC(COc2cnc(-c3cccc(CN4N=C(c5cccc(N)c5)C=CC4O)c3)nc2)CC1. The Labute approximate surface area is 211 Å². The van der Waals surface area contributed by atoms with Crippen LogP contribution in [0.3, 0.4) is 0 Å². The third kappa shape index (κ3) is 5.90. The van der Waals surface area contributed by atoms with Crippen LogP contribution >= 0.6 is 0 Å². The molecular weight excluding hydrogens is 452 g/mol. The van der Waals surface area contributed by atoms with Gasteiger partial charge < -0.3 is 20.5 Å². The molecule has 2 aromatic carbocycles. The largest absolute Gasteiger partial charge is 0.490 e. The highest BCUT2D eigenvalue weighted by Crippen LogP contribution is 2.22. The molecule has 0 amide bonds. The van der Waals surface area contributed by atoms with E-state index in [1.165, 1.54) is 0 Å². The van der Waals surface area contributed by atoms with E-state index in [9.17, 15) is 5.11 Å². The fourth-order valence-electron chi connectivity index (χ4n) is 4.47. The van der Waals surface area contributed by atoms with Crippen LogP contribution in [0.2, 0.25) is 0 Å². The molecule has 8 heteroatoms. The van der Waals surface area contributed by atoms with Gasteiger partial charge in [0.1, 0.15) is 0 Å². The minimum Gasteiger partial charge on any atom is -0.490 e. The van der Waals surface area contributed by atoms with E-state index in [0.717, 1.165) is 48.3 Å². The molecule has 8 nitrogen and oxygen atoms in total. The zero-order valence-electron chi connectivity index (χ0n) is 20.5. The molecule has 0 radical (unpaired) electrons. The lowest BCUT2D eigenvalue weighted by atomic mass is 9.98. The number of allylic oxidation sites excluding steroid dienone is 1. The number of hydrogen-bond donors (Lipinski definition) is 2. The smallest absolute Gasteiger partial charge is 0.162 e. The van der Waals surface area contributed by atoms with Crippen molar-refractivity contribution in [3.8, 4) is 17.1 Å². The fourth-order valence-corrected chi connectivity index (χ4v) is 4.47. The number of piperidine rings is 1. The number of nitrogens with zero attached hydrogens (tertiary/aromatic N) is 5. The maximum Gasteiger partial charge on any atom is 0.162 e. The second-order valence-corrected chi connectivity index (χ2v) is 9.48. The van der Waals surface area contributed by atoms with Crippen molar-refractivity contribution >= 4 is 11.4 Å². The molecule has 2 aliphatic rings. The van der Waals surface area contributed by atoms with E-state index in [0.29, 0.717) is 36.3 Å². The second kappa shape index (κ2) is 10.9. The number of ether oxygens (including phenoxy) is 1. The number of hydrazone groups is 1. The topological polar surface area (TPSA) is 100 Å². The number of aliphatic hydroxyl groups excluding tert-OH is 1. The number of benzene rings is 2. The molecule has 1 fully saturated rings. The molecule has 2 aliphatic heterocycles. The van der Waals surface area contributed by atoms with Crippen LogP contribution in [-0.4, -0.2) is 63.7 Å². The summed E-state index contributed by atoms with van der Waals surface area (Å²) >= 11 is 0. The van der Waals surface area contributed by atoms with E-state index in [1.807, 2.05) is 54.6 Å². The van der Waals surface area contributed by atoms with E-state index in [4.69, 9.17) is 10.5 Å². The van der Waals surface area contributed by atoms with Gasteiger partial charge in [-0.1, -0.05) is 30.3 Å². The van der Waals surface area contributed by atoms with Crippen molar-refractivity contribution in [3.63, 3.8) is 0 Å². The van der Waals surface area contributed by atoms with Gasteiger partial charge in [-0.25, -0.2) is 9.97 Å². The summed E-state index contributed by atoms with van der Waals surface area (Å²) in [5, 5.41) is 16.8. The van der Waals surface area contributed by atoms with Crippen LogP contribution in [0.25, 0.3) is 11.4 Å². The molecule has 0 bridgehead atoms. The Hall–Kier alpha value is -3.75. The number of likely N-dealkylation sites (tertiary alicyclic amines) is 1. The quantitative estimate of drug-likeness (QED) is 0.495. The van der Waals surface area contributed by atoms with Crippen molar-refractivity contribution in [3.05, 3.63) is 84.2 Å². The van der Waals surface area contributed by atoms with Crippen molar-refractivity contribution in [1.82, 2.24) is 19.9 Å². The Morgan fingerprint density at radius 2 is 1.78 bits per heavy atom. The van der Waals surface area contributed by atoms with Gasteiger partial charge in [0.15, 0.2) is 17.8 Å². The molecular formula is C28H32N6O2. The van der Waals surface area contributed by atoms with Gasteiger partial charge in [0.25, 0.3) is 0 Å². The van der Waals surface area contributed by atoms with Gasteiger partial charge in [-0.15, -0.1) is 0 Å². The van der Waals surface area contributed by atoms with Crippen LogP contribution in [0.1, 0.15) is 24.0 Å². The Bertz CT molecular complexity index is 1230. The summed E-state index contributed by atoms with van der Waals surface area (Å²) in [5.41, 5.74) is 10.1. The van der Waals surface area contributed by atoms with Gasteiger partial charge in [-0.05, 0) is 74.8 Å². The first-order valence-electron chi connectivity index (χ1n) is 12.3. The first kappa shape index (κ1) is 24.0. The lowest BCUT2D eigenvalue weighted by molar-refractivity contribution is 0.0358.